The lowest BCUT2D eigenvalue weighted by atomic mass is 10.1. The average molecular weight is 390 g/mol. The second kappa shape index (κ2) is 8.32. The van der Waals surface area contributed by atoms with Crippen LogP contribution in [0.1, 0.15) is 35.3 Å². The molecule has 0 heterocycles. The summed E-state index contributed by atoms with van der Waals surface area (Å²) in [6, 6.07) is 11.0. The monoisotopic (exact) mass is 390 g/mol. The smallest absolute Gasteiger partial charge is 0.275 e. The van der Waals surface area contributed by atoms with Crippen molar-refractivity contribution in [2.24, 2.45) is 0 Å². The highest BCUT2D eigenvalue weighted by atomic mass is 32.2. The molecule has 7 nitrogen and oxygen atoms in total. The fourth-order valence-electron chi connectivity index (χ4n) is 2.26. The lowest BCUT2D eigenvalue weighted by Crippen LogP contribution is -2.47. The Kier molecular flexibility index (Phi) is 6.35. The Morgan fingerprint density at radius 3 is 2.41 bits per heavy atom. The van der Waals surface area contributed by atoms with Gasteiger partial charge in [-0.05, 0) is 57.0 Å². The molecule has 27 heavy (non-hydrogen) atoms. The highest BCUT2D eigenvalue weighted by Crippen LogP contribution is 2.21. The first-order valence-electron chi connectivity index (χ1n) is 8.27. The minimum absolute atomic E-state index is 0.126. The zero-order valence-electron chi connectivity index (χ0n) is 15.6. The lowest BCUT2D eigenvalue weighted by molar-refractivity contribution is -0.127. The Hall–Kier alpha value is -2.71. The summed E-state index contributed by atoms with van der Waals surface area (Å²) in [6.07, 6.45) is -0.920. The largest absolute Gasteiger partial charge is 0.481 e. The van der Waals surface area contributed by atoms with Gasteiger partial charge in [0.1, 0.15) is 5.75 Å². The lowest BCUT2D eigenvalue weighted by Gasteiger charge is -2.17. The quantitative estimate of drug-likeness (QED) is 0.558. The van der Waals surface area contributed by atoms with Crippen LogP contribution in [0.5, 0.6) is 5.75 Å². The van der Waals surface area contributed by atoms with E-state index in [1.807, 2.05) is 30.8 Å². The van der Waals surface area contributed by atoms with Crippen LogP contribution < -0.4 is 15.0 Å². The van der Waals surface area contributed by atoms with Crippen LogP contribution in [0.25, 0.3) is 0 Å². The molecule has 0 unspecified atom stereocenters. The first kappa shape index (κ1) is 20.6. The van der Waals surface area contributed by atoms with Crippen LogP contribution >= 0.6 is 0 Å². The first-order chi connectivity index (χ1) is 12.6. The van der Waals surface area contributed by atoms with Gasteiger partial charge in [-0.3, -0.25) is 15.0 Å². The number of rotatable bonds is 7. The molecule has 0 aliphatic carbocycles. The summed E-state index contributed by atoms with van der Waals surface area (Å²) in [4.78, 5) is 25.5. The van der Waals surface area contributed by atoms with E-state index in [9.17, 15) is 18.0 Å². The number of ketones is 1. The number of hydrazine groups is 1. The molecule has 0 aliphatic rings. The molecule has 0 fully saturated rings. The standard InChI is InChI=1S/C19H22N2O5S/c1-12-7-5-10-18(13(12)2)26-15(4)19(23)20-21-27(24,25)17-9-6-8-16(11-17)14(3)22/h5-11,15,21H,1-4H3,(H,20,23)/t15-/m0/s1. The number of hydrogen-bond donors (Lipinski definition) is 2. The van der Waals surface area contributed by atoms with Crippen LogP contribution in [0.2, 0.25) is 0 Å². The third-order valence-corrected chi connectivity index (χ3v) is 5.33. The van der Waals surface area contributed by atoms with E-state index in [2.05, 4.69) is 5.43 Å². The number of nitrogens with one attached hydrogen (secondary N) is 2. The highest BCUT2D eigenvalue weighted by Gasteiger charge is 2.20. The molecule has 1 atom stereocenters. The van der Waals surface area contributed by atoms with Crippen molar-refractivity contribution < 1.29 is 22.7 Å². The summed E-state index contributed by atoms with van der Waals surface area (Å²) in [5.41, 5.74) is 4.32. The minimum Gasteiger partial charge on any atom is -0.481 e. The molecular weight excluding hydrogens is 368 g/mol. The number of amides is 1. The highest BCUT2D eigenvalue weighted by molar-refractivity contribution is 7.89. The fourth-order valence-corrected chi connectivity index (χ4v) is 3.15. The van der Waals surface area contributed by atoms with E-state index in [0.29, 0.717) is 5.75 Å². The first-order valence-corrected chi connectivity index (χ1v) is 9.75. The summed E-state index contributed by atoms with van der Waals surface area (Å²) in [5.74, 6) is -0.358. The second-order valence-electron chi connectivity index (χ2n) is 6.14. The van der Waals surface area contributed by atoms with Gasteiger partial charge in [0.05, 0.1) is 4.90 Å². The molecule has 1 amide bonds. The van der Waals surface area contributed by atoms with Gasteiger partial charge in [0.25, 0.3) is 15.9 Å². The maximum atomic E-state index is 12.3. The van der Waals surface area contributed by atoms with E-state index in [-0.39, 0.29) is 16.2 Å². The van der Waals surface area contributed by atoms with Gasteiger partial charge in [-0.25, -0.2) is 8.42 Å². The molecule has 0 radical (unpaired) electrons. The Bertz CT molecular complexity index is 970. The predicted molar refractivity (Wildman–Crippen MR) is 101 cm³/mol. The number of Topliss-reactive ketones (excluding diaryl/α,β-unsaturated/α-hetero) is 1. The molecule has 0 aromatic heterocycles. The molecule has 0 saturated heterocycles. The van der Waals surface area contributed by atoms with Gasteiger partial charge in [-0.15, -0.1) is 4.83 Å². The summed E-state index contributed by atoms with van der Waals surface area (Å²) in [6.45, 7) is 6.66. The molecule has 0 spiro atoms. The Balaban J connectivity index is 2.04. The van der Waals surface area contributed by atoms with E-state index in [1.165, 1.54) is 38.1 Å². The fraction of sp³-hybridized carbons (Fsp3) is 0.263. The van der Waals surface area contributed by atoms with Crippen LogP contribution in [0.15, 0.2) is 47.4 Å². The Morgan fingerprint density at radius 2 is 1.74 bits per heavy atom. The third kappa shape index (κ3) is 5.15. The average Bonchev–Trinajstić information content (AvgIpc) is 2.63. The van der Waals surface area contributed by atoms with Crippen LogP contribution in [0.3, 0.4) is 0 Å². The van der Waals surface area contributed by atoms with E-state index >= 15 is 0 Å². The molecule has 8 heteroatoms. The third-order valence-electron chi connectivity index (χ3n) is 4.09. The van der Waals surface area contributed by atoms with Gasteiger partial charge in [0, 0.05) is 5.56 Å². The normalized spacial score (nSPS) is 12.3. The Morgan fingerprint density at radius 1 is 1.07 bits per heavy atom. The van der Waals surface area contributed by atoms with E-state index in [4.69, 9.17) is 4.74 Å². The van der Waals surface area contributed by atoms with Crippen LogP contribution in [-0.2, 0) is 14.8 Å². The van der Waals surface area contributed by atoms with Gasteiger partial charge in [0.15, 0.2) is 11.9 Å². The molecule has 2 aromatic rings. The molecule has 2 aromatic carbocycles. The van der Waals surface area contributed by atoms with Crippen molar-refractivity contribution in [1.82, 2.24) is 10.3 Å². The molecule has 0 saturated carbocycles. The maximum Gasteiger partial charge on any atom is 0.275 e. The van der Waals surface area contributed by atoms with Crippen molar-refractivity contribution in [3.05, 3.63) is 59.2 Å². The van der Waals surface area contributed by atoms with Gasteiger partial charge in [-0.2, -0.15) is 0 Å². The zero-order chi connectivity index (χ0) is 20.2. The van der Waals surface area contributed by atoms with Crippen molar-refractivity contribution in [2.75, 3.05) is 0 Å². The number of carbonyl (C=O) groups excluding carboxylic acids is 2. The van der Waals surface area contributed by atoms with E-state index < -0.39 is 22.0 Å². The number of sulfonamides is 1. The van der Waals surface area contributed by atoms with Gasteiger partial charge >= 0.3 is 0 Å². The minimum atomic E-state index is -4.02. The molecule has 0 bridgehead atoms. The van der Waals surface area contributed by atoms with Crippen LogP contribution in [0, 0.1) is 13.8 Å². The number of aryl methyl sites for hydroxylation is 1. The van der Waals surface area contributed by atoms with Crippen molar-refractivity contribution in [1.29, 1.82) is 0 Å². The summed E-state index contributed by atoms with van der Waals surface area (Å²) >= 11 is 0. The van der Waals surface area contributed by atoms with E-state index in [0.717, 1.165) is 11.1 Å². The number of carbonyl (C=O) groups is 2. The van der Waals surface area contributed by atoms with Crippen LogP contribution in [0.4, 0.5) is 0 Å². The number of hydrogen-bond acceptors (Lipinski definition) is 5. The molecule has 0 aliphatic heterocycles. The van der Waals surface area contributed by atoms with E-state index in [1.54, 1.807) is 6.07 Å². The van der Waals surface area contributed by atoms with Crippen molar-refractivity contribution >= 4 is 21.7 Å². The summed E-state index contributed by atoms with van der Waals surface area (Å²) in [5, 5.41) is 0. The molecule has 2 N–H and O–H groups in total. The SMILES string of the molecule is CC(=O)c1cccc(S(=O)(=O)NNC(=O)[C@H](C)Oc2cccc(C)c2C)c1. The van der Waals surface area contributed by atoms with Crippen molar-refractivity contribution in [3.8, 4) is 5.75 Å². The topological polar surface area (TPSA) is 102 Å². The van der Waals surface area contributed by atoms with Crippen LogP contribution in [-0.4, -0.2) is 26.2 Å². The van der Waals surface area contributed by atoms with Gasteiger partial charge < -0.3 is 4.74 Å². The summed E-state index contributed by atoms with van der Waals surface area (Å²) < 4.78 is 30.2. The Labute approximate surface area is 158 Å². The number of benzene rings is 2. The predicted octanol–water partition coefficient (Wildman–Crippen LogP) is 2.28. The van der Waals surface area contributed by atoms with Crippen molar-refractivity contribution in [2.45, 2.75) is 38.7 Å². The maximum absolute atomic E-state index is 12.3. The molecule has 2 rings (SSSR count). The molecule has 144 valence electrons. The summed E-state index contributed by atoms with van der Waals surface area (Å²) in [7, 11) is -4.02. The van der Waals surface area contributed by atoms with Gasteiger partial charge in [0.2, 0.25) is 0 Å². The number of ether oxygens (including phenoxy) is 1. The molecular formula is C19H22N2O5S. The van der Waals surface area contributed by atoms with Gasteiger partial charge in [-0.1, -0.05) is 24.3 Å². The zero-order valence-corrected chi connectivity index (χ0v) is 16.4. The van der Waals surface area contributed by atoms with Crippen molar-refractivity contribution in [3.63, 3.8) is 0 Å². The second-order valence-corrected chi connectivity index (χ2v) is 7.82.